The monoisotopic (exact) mass is 230 g/mol. The van der Waals surface area contributed by atoms with Crippen LogP contribution in [0.2, 0.25) is 0 Å². The van der Waals surface area contributed by atoms with Crippen molar-refractivity contribution in [3.05, 3.63) is 36.0 Å². The fourth-order valence-corrected chi connectivity index (χ4v) is 1.72. The van der Waals surface area contributed by atoms with Crippen molar-refractivity contribution in [1.82, 2.24) is 4.98 Å². The number of aromatic nitrogens is 1. The van der Waals surface area contributed by atoms with Crippen molar-refractivity contribution in [3.8, 4) is 0 Å². The lowest BCUT2D eigenvalue weighted by atomic mass is 10.1. The molecule has 0 bridgehead atoms. The molecule has 0 saturated heterocycles. The summed E-state index contributed by atoms with van der Waals surface area (Å²) >= 11 is 0. The molecule has 0 saturated carbocycles. The van der Waals surface area contributed by atoms with Crippen LogP contribution in [0.25, 0.3) is 10.8 Å². The standard InChI is InChI=1S/C13H14N2O2/c1-8-7-14-12(15-9(2)13(16)17)11-6-4-3-5-10(8)11/h3-7,9H,1-2H3,(H,14,15)(H,16,17). The molecule has 4 heteroatoms. The van der Waals surface area contributed by atoms with Gasteiger partial charge in [-0.1, -0.05) is 24.3 Å². The van der Waals surface area contributed by atoms with Crippen LogP contribution < -0.4 is 5.32 Å². The van der Waals surface area contributed by atoms with Gasteiger partial charge in [-0.3, -0.25) is 4.79 Å². The van der Waals surface area contributed by atoms with Crippen LogP contribution in [0.1, 0.15) is 12.5 Å². The minimum absolute atomic E-state index is 0.612. The quantitative estimate of drug-likeness (QED) is 0.850. The minimum Gasteiger partial charge on any atom is -0.480 e. The van der Waals surface area contributed by atoms with E-state index in [4.69, 9.17) is 5.11 Å². The second-order valence-corrected chi connectivity index (χ2v) is 4.04. The summed E-state index contributed by atoms with van der Waals surface area (Å²) in [5.41, 5.74) is 1.08. The van der Waals surface area contributed by atoms with Gasteiger partial charge in [-0.15, -0.1) is 0 Å². The van der Waals surface area contributed by atoms with Crippen molar-refractivity contribution < 1.29 is 9.90 Å². The van der Waals surface area contributed by atoms with Crippen LogP contribution in [0.4, 0.5) is 5.82 Å². The SMILES string of the molecule is Cc1cnc(NC(C)C(=O)O)c2ccccc12. The molecule has 0 radical (unpaired) electrons. The second-order valence-electron chi connectivity index (χ2n) is 4.04. The normalized spacial score (nSPS) is 12.4. The third-order valence-electron chi connectivity index (χ3n) is 2.72. The van der Waals surface area contributed by atoms with Gasteiger partial charge >= 0.3 is 5.97 Å². The molecule has 0 spiro atoms. The Labute approximate surface area is 99.3 Å². The Morgan fingerprint density at radius 3 is 2.65 bits per heavy atom. The molecule has 1 aromatic carbocycles. The number of aliphatic carboxylic acids is 1. The van der Waals surface area contributed by atoms with Crippen LogP contribution in [0.5, 0.6) is 0 Å². The lowest BCUT2D eigenvalue weighted by Crippen LogP contribution is -2.26. The number of carbonyl (C=O) groups is 1. The van der Waals surface area contributed by atoms with Crippen molar-refractivity contribution in [3.63, 3.8) is 0 Å². The smallest absolute Gasteiger partial charge is 0.325 e. The van der Waals surface area contributed by atoms with Crippen LogP contribution in [-0.4, -0.2) is 22.1 Å². The van der Waals surface area contributed by atoms with Crippen molar-refractivity contribution in [2.75, 3.05) is 5.32 Å². The van der Waals surface area contributed by atoms with Gasteiger partial charge < -0.3 is 10.4 Å². The van der Waals surface area contributed by atoms with E-state index in [1.807, 2.05) is 31.2 Å². The van der Waals surface area contributed by atoms with E-state index >= 15 is 0 Å². The van der Waals surface area contributed by atoms with Gasteiger partial charge in [-0.2, -0.15) is 0 Å². The molecule has 2 aromatic rings. The fourth-order valence-electron chi connectivity index (χ4n) is 1.72. The molecule has 17 heavy (non-hydrogen) atoms. The van der Waals surface area contributed by atoms with E-state index in [9.17, 15) is 4.79 Å². The van der Waals surface area contributed by atoms with Crippen LogP contribution in [0.3, 0.4) is 0 Å². The molecule has 0 amide bonds. The molecule has 1 unspecified atom stereocenters. The second kappa shape index (κ2) is 4.41. The first kappa shape index (κ1) is 11.4. The minimum atomic E-state index is -0.892. The number of nitrogens with one attached hydrogen (secondary N) is 1. The van der Waals surface area contributed by atoms with Gasteiger partial charge in [0.1, 0.15) is 11.9 Å². The summed E-state index contributed by atoms with van der Waals surface area (Å²) in [6.45, 7) is 3.58. The number of hydrogen-bond acceptors (Lipinski definition) is 3. The molecule has 2 N–H and O–H groups in total. The van der Waals surface area contributed by atoms with E-state index < -0.39 is 12.0 Å². The highest BCUT2D eigenvalue weighted by atomic mass is 16.4. The molecule has 0 aliphatic rings. The van der Waals surface area contributed by atoms with Crippen LogP contribution in [0.15, 0.2) is 30.5 Å². The van der Waals surface area contributed by atoms with Gasteiger partial charge in [0.15, 0.2) is 0 Å². The first-order valence-corrected chi connectivity index (χ1v) is 5.43. The topological polar surface area (TPSA) is 62.2 Å². The van der Waals surface area contributed by atoms with E-state index in [1.165, 1.54) is 0 Å². The molecule has 4 nitrogen and oxygen atoms in total. The molecule has 0 aliphatic heterocycles. The number of anilines is 1. The van der Waals surface area contributed by atoms with Crippen LogP contribution >= 0.6 is 0 Å². The highest BCUT2D eigenvalue weighted by Crippen LogP contribution is 2.24. The molecular weight excluding hydrogens is 216 g/mol. The predicted molar refractivity (Wildman–Crippen MR) is 67.2 cm³/mol. The molecule has 0 fully saturated rings. The van der Waals surface area contributed by atoms with Gasteiger partial charge in [0.05, 0.1) is 0 Å². The maximum atomic E-state index is 10.8. The number of carboxylic acid groups (broad SMARTS) is 1. The highest BCUT2D eigenvalue weighted by molar-refractivity contribution is 5.94. The number of pyridine rings is 1. The Bertz CT molecular complexity index is 566. The van der Waals surface area contributed by atoms with Crippen molar-refractivity contribution in [1.29, 1.82) is 0 Å². The number of carboxylic acids is 1. The first-order chi connectivity index (χ1) is 8.09. The van der Waals surface area contributed by atoms with E-state index in [0.29, 0.717) is 5.82 Å². The van der Waals surface area contributed by atoms with Gasteiger partial charge in [0.25, 0.3) is 0 Å². The molecule has 2 rings (SSSR count). The van der Waals surface area contributed by atoms with E-state index in [1.54, 1.807) is 13.1 Å². The lowest BCUT2D eigenvalue weighted by molar-refractivity contribution is -0.137. The molecular formula is C13H14N2O2. The Hall–Kier alpha value is -2.10. The summed E-state index contributed by atoms with van der Waals surface area (Å²) in [6, 6.07) is 7.16. The van der Waals surface area contributed by atoms with E-state index in [0.717, 1.165) is 16.3 Å². The zero-order valence-corrected chi connectivity index (χ0v) is 9.77. The predicted octanol–water partition coefficient (Wildman–Crippen LogP) is 2.43. The summed E-state index contributed by atoms with van der Waals surface area (Å²) in [7, 11) is 0. The van der Waals surface area contributed by atoms with Crippen molar-refractivity contribution in [2.45, 2.75) is 19.9 Å². The number of aryl methyl sites for hydroxylation is 1. The molecule has 1 heterocycles. The maximum absolute atomic E-state index is 10.8. The molecule has 1 aromatic heterocycles. The Morgan fingerprint density at radius 1 is 1.35 bits per heavy atom. The summed E-state index contributed by atoms with van der Waals surface area (Å²) in [4.78, 5) is 15.1. The zero-order chi connectivity index (χ0) is 12.4. The van der Waals surface area contributed by atoms with Gasteiger partial charge in [-0.05, 0) is 24.8 Å². The average Bonchev–Trinajstić information content (AvgIpc) is 2.33. The van der Waals surface area contributed by atoms with Crippen molar-refractivity contribution in [2.24, 2.45) is 0 Å². The number of fused-ring (bicyclic) bond motifs is 1. The van der Waals surface area contributed by atoms with Crippen molar-refractivity contribution >= 4 is 22.6 Å². The molecule has 1 atom stereocenters. The zero-order valence-electron chi connectivity index (χ0n) is 9.77. The third kappa shape index (κ3) is 2.20. The van der Waals surface area contributed by atoms with E-state index in [2.05, 4.69) is 10.3 Å². The summed E-state index contributed by atoms with van der Waals surface area (Å²) in [5.74, 6) is -0.280. The number of hydrogen-bond donors (Lipinski definition) is 2. The fraction of sp³-hybridized carbons (Fsp3) is 0.231. The summed E-state index contributed by atoms with van der Waals surface area (Å²) in [5, 5.41) is 13.8. The molecule has 0 aliphatic carbocycles. The number of rotatable bonds is 3. The largest absolute Gasteiger partial charge is 0.480 e. The number of benzene rings is 1. The Morgan fingerprint density at radius 2 is 2.00 bits per heavy atom. The third-order valence-corrected chi connectivity index (χ3v) is 2.72. The Balaban J connectivity index is 2.48. The van der Waals surface area contributed by atoms with E-state index in [-0.39, 0.29) is 0 Å². The van der Waals surface area contributed by atoms with Crippen LogP contribution in [0, 0.1) is 6.92 Å². The van der Waals surface area contributed by atoms with Gasteiger partial charge in [0.2, 0.25) is 0 Å². The average molecular weight is 230 g/mol. The van der Waals surface area contributed by atoms with Crippen LogP contribution in [-0.2, 0) is 4.79 Å². The maximum Gasteiger partial charge on any atom is 0.325 e. The highest BCUT2D eigenvalue weighted by Gasteiger charge is 2.13. The Kier molecular flexibility index (Phi) is 2.95. The van der Waals surface area contributed by atoms with Gasteiger partial charge in [0, 0.05) is 11.6 Å². The summed E-state index contributed by atoms with van der Waals surface area (Å²) in [6.07, 6.45) is 1.75. The molecule has 88 valence electrons. The first-order valence-electron chi connectivity index (χ1n) is 5.43. The summed E-state index contributed by atoms with van der Waals surface area (Å²) < 4.78 is 0. The number of nitrogens with zero attached hydrogens (tertiary/aromatic N) is 1. The van der Waals surface area contributed by atoms with Gasteiger partial charge in [-0.25, -0.2) is 4.98 Å². The lowest BCUT2D eigenvalue weighted by Gasteiger charge is -2.13.